The van der Waals surface area contributed by atoms with Crippen LogP contribution < -0.4 is 27.0 Å². The third kappa shape index (κ3) is 6.01. The molecule has 0 aliphatic rings. The van der Waals surface area contributed by atoms with Crippen LogP contribution in [0.1, 0.15) is 27.0 Å². The lowest BCUT2D eigenvalue weighted by molar-refractivity contribution is -0.118. The molecule has 0 fully saturated rings. The number of rotatable bonds is 9. The summed E-state index contributed by atoms with van der Waals surface area (Å²) in [5, 5.41) is 2.77. The number of methoxy groups -OCH3 is 1. The molecule has 218 valence electrons. The molecule has 0 radical (unpaired) electrons. The number of amides is 2. The van der Waals surface area contributed by atoms with Gasteiger partial charge in [-0.05, 0) is 72.5 Å². The molecule has 0 aliphatic heterocycles. The number of likely N-dealkylation sites (N-methyl/N-ethyl adjacent to an activating group) is 1. The lowest BCUT2D eigenvalue weighted by Crippen LogP contribution is -2.37. The predicted octanol–water partition coefficient (Wildman–Crippen LogP) is 3.34. The molecule has 1 aromatic heterocycles. The van der Waals surface area contributed by atoms with Crippen molar-refractivity contribution in [2.24, 2.45) is 12.8 Å². The fourth-order valence-corrected chi connectivity index (χ4v) is 4.91. The van der Waals surface area contributed by atoms with E-state index >= 15 is 4.39 Å². The van der Waals surface area contributed by atoms with Crippen LogP contribution in [0, 0.1) is 19.7 Å². The number of hydrogen-bond acceptors (Lipinski definition) is 6. The Morgan fingerprint density at radius 1 is 1.05 bits per heavy atom. The smallest absolute Gasteiger partial charge is 0.328 e. The number of nitrogens with zero attached hydrogens (tertiary/aromatic N) is 2. The summed E-state index contributed by atoms with van der Waals surface area (Å²) >= 11 is 0. The first kappa shape index (κ1) is 29.9. The number of aromatic nitrogens is 2. The monoisotopic (exact) mass is 573 g/mol. The highest BCUT2D eigenvalue weighted by Crippen LogP contribution is 2.38. The van der Waals surface area contributed by atoms with Crippen LogP contribution in [-0.4, -0.2) is 47.0 Å². The van der Waals surface area contributed by atoms with Gasteiger partial charge in [-0.25, -0.2) is 9.18 Å². The molecule has 0 unspecified atom stereocenters. The zero-order chi connectivity index (χ0) is 30.7. The van der Waals surface area contributed by atoms with Gasteiger partial charge in [0.1, 0.15) is 17.1 Å². The summed E-state index contributed by atoms with van der Waals surface area (Å²) in [5.74, 6) is -1.29. The zero-order valence-electron chi connectivity index (χ0n) is 24.0. The molecule has 10 nitrogen and oxygen atoms in total. The van der Waals surface area contributed by atoms with E-state index in [4.69, 9.17) is 10.5 Å². The van der Waals surface area contributed by atoms with Crippen LogP contribution in [0.5, 0.6) is 5.75 Å². The summed E-state index contributed by atoms with van der Waals surface area (Å²) in [6.45, 7) is 3.90. The summed E-state index contributed by atoms with van der Waals surface area (Å²) in [4.78, 5) is 52.3. The Morgan fingerprint density at radius 2 is 1.69 bits per heavy atom. The number of nitrogens with two attached hydrogens (primary N) is 1. The molecule has 1 heterocycles. The Morgan fingerprint density at radius 3 is 2.36 bits per heavy atom. The molecule has 4 N–H and O–H groups in total. The molecule has 42 heavy (non-hydrogen) atoms. The van der Waals surface area contributed by atoms with Crippen molar-refractivity contribution in [1.82, 2.24) is 14.5 Å². The van der Waals surface area contributed by atoms with E-state index in [1.807, 2.05) is 38.1 Å². The quantitative estimate of drug-likeness (QED) is 0.281. The number of nitrogens with one attached hydrogen (secondary N) is 2. The van der Waals surface area contributed by atoms with Gasteiger partial charge in [0.05, 0.1) is 13.7 Å². The SMILES string of the molecule is COc1cc(-c2cccc(-c3cccc(NC(=O)c4c[nH]c(=O)n(C)c4=O)c3C)c2C)cc(F)c1CN(C)CC(N)=O. The Bertz CT molecular complexity index is 1810. The molecule has 0 saturated heterocycles. The topological polar surface area (TPSA) is 140 Å². The molecule has 4 aromatic rings. The maximum atomic E-state index is 15.4. The maximum absolute atomic E-state index is 15.4. The fraction of sp³-hybridized carbons (Fsp3) is 0.226. The average molecular weight is 574 g/mol. The van der Waals surface area contributed by atoms with Crippen LogP contribution in [0.15, 0.2) is 64.3 Å². The number of hydrogen-bond donors (Lipinski definition) is 3. The number of anilines is 1. The van der Waals surface area contributed by atoms with Gasteiger partial charge >= 0.3 is 5.69 Å². The second kappa shape index (κ2) is 12.2. The molecule has 2 amide bonds. The van der Waals surface area contributed by atoms with Gasteiger partial charge in [-0.3, -0.25) is 23.9 Å². The second-order valence-electron chi connectivity index (χ2n) is 10.1. The van der Waals surface area contributed by atoms with E-state index in [9.17, 15) is 19.2 Å². The molecule has 0 spiro atoms. The molecule has 0 bridgehead atoms. The van der Waals surface area contributed by atoms with Crippen molar-refractivity contribution in [2.75, 3.05) is 26.0 Å². The lowest BCUT2D eigenvalue weighted by atomic mass is 9.90. The number of carbonyl (C=O) groups is 2. The van der Waals surface area contributed by atoms with Crippen molar-refractivity contribution >= 4 is 17.5 Å². The van der Waals surface area contributed by atoms with Gasteiger partial charge < -0.3 is 20.8 Å². The molecular weight excluding hydrogens is 541 g/mol. The Kier molecular flexibility index (Phi) is 8.72. The molecule has 0 saturated carbocycles. The average Bonchev–Trinajstić information content (AvgIpc) is 2.93. The molecule has 11 heteroatoms. The van der Waals surface area contributed by atoms with Crippen molar-refractivity contribution in [3.8, 4) is 28.0 Å². The largest absolute Gasteiger partial charge is 0.496 e. The van der Waals surface area contributed by atoms with E-state index in [1.165, 1.54) is 20.2 Å². The van der Waals surface area contributed by atoms with Crippen molar-refractivity contribution in [1.29, 1.82) is 0 Å². The van der Waals surface area contributed by atoms with Crippen molar-refractivity contribution in [2.45, 2.75) is 20.4 Å². The van der Waals surface area contributed by atoms with Crippen molar-refractivity contribution in [3.05, 3.63) is 104 Å². The number of ether oxygens (including phenoxy) is 1. The normalized spacial score (nSPS) is 11.0. The fourth-order valence-electron chi connectivity index (χ4n) is 4.91. The molecule has 0 aliphatic carbocycles. The predicted molar refractivity (Wildman–Crippen MR) is 159 cm³/mol. The highest BCUT2D eigenvalue weighted by Gasteiger charge is 2.19. The van der Waals surface area contributed by atoms with Crippen LogP contribution in [0.25, 0.3) is 22.3 Å². The van der Waals surface area contributed by atoms with E-state index in [2.05, 4.69) is 10.3 Å². The number of primary amides is 1. The molecule has 0 atom stereocenters. The Labute approximate surface area is 241 Å². The summed E-state index contributed by atoms with van der Waals surface area (Å²) in [7, 11) is 4.42. The van der Waals surface area contributed by atoms with Crippen LogP contribution in [-0.2, 0) is 18.4 Å². The highest BCUT2D eigenvalue weighted by molar-refractivity contribution is 6.04. The first-order valence-electron chi connectivity index (χ1n) is 13.1. The summed E-state index contributed by atoms with van der Waals surface area (Å²) < 4.78 is 21.7. The van der Waals surface area contributed by atoms with Crippen LogP contribution in [0.2, 0.25) is 0 Å². The van der Waals surface area contributed by atoms with Crippen LogP contribution >= 0.6 is 0 Å². The number of halogens is 1. The van der Waals surface area contributed by atoms with Gasteiger partial charge in [0.15, 0.2) is 0 Å². The van der Waals surface area contributed by atoms with Crippen molar-refractivity contribution < 1.29 is 18.7 Å². The van der Waals surface area contributed by atoms with E-state index in [0.717, 1.165) is 38.6 Å². The summed E-state index contributed by atoms with van der Waals surface area (Å²) in [6, 6.07) is 14.3. The number of aromatic amines is 1. The van der Waals surface area contributed by atoms with E-state index < -0.39 is 28.9 Å². The van der Waals surface area contributed by atoms with E-state index in [1.54, 1.807) is 30.1 Å². The molecular formula is C31H32FN5O5. The first-order chi connectivity index (χ1) is 19.9. The zero-order valence-corrected chi connectivity index (χ0v) is 24.0. The van der Waals surface area contributed by atoms with Gasteiger partial charge in [-0.15, -0.1) is 0 Å². The number of carbonyl (C=O) groups excluding carboxylic acids is 2. The minimum Gasteiger partial charge on any atom is -0.496 e. The van der Waals surface area contributed by atoms with Gasteiger partial charge in [0, 0.05) is 31.0 Å². The minimum atomic E-state index is -0.707. The van der Waals surface area contributed by atoms with Gasteiger partial charge in [-0.1, -0.05) is 30.3 Å². The van der Waals surface area contributed by atoms with E-state index in [0.29, 0.717) is 22.6 Å². The van der Waals surface area contributed by atoms with Crippen LogP contribution in [0.4, 0.5) is 10.1 Å². The van der Waals surface area contributed by atoms with Gasteiger partial charge in [0.25, 0.3) is 11.5 Å². The molecule has 3 aromatic carbocycles. The molecule has 4 rings (SSSR count). The van der Waals surface area contributed by atoms with Crippen molar-refractivity contribution in [3.63, 3.8) is 0 Å². The summed E-state index contributed by atoms with van der Waals surface area (Å²) in [6.07, 6.45) is 1.10. The third-order valence-corrected chi connectivity index (χ3v) is 7.17. The Balaban J connectivity index is 1.71. The lowest BCUT2D eigenvalue weighted by Gasteiger charge is -2.20. The number of H-pyrrole nitrogens is 1. The number of benzene rings is 3. The standard InChI is InChI=1S/C31H32FN5O5/c1-17-20(19-12-25(32)24(27(13-19)42-5)15-36(3)16-28(33)38)8-6-9-21(17)22-10-7-11-26(18(22)2)35-29(39)23-14-34-31(41)37(4)30(23)40/h6-14H,15-16H2,1-5H3,(H2,33,38)(H,34,41)(H,35,39). The van der Waals surface area contributed by atoms with Crippen LogP contribution in [0.3, 0.4) is 0 Å². The maximum Gasteiger partial charge on any atom is 0.328 e. The Hall–Kier alpha value is -5.03. The second-order valence-corrected chi connectivity index (χ2v) is 10.1. The highest BCUT2D eigenvalue weighted by atomic mass is 19.1. The van der Waals surface area contributed by atoms with Gasteiger partial charge in [-0.2, -0.15) is 0 Å². The van der Waals surface area contributed by atoms with E-state index in [-0.39, 0.29) is 18.7 Å². The van der Waals surface area contributed by atoms with Gasteiger partial charge in [0.2, 0.25) is 5.91 Å². The third-order valence-electron chi connectivity index (χ3n) is 7.17. The first-order valence-corrected chi connectivity index (χ1v) is 13.1. The summed E-state index contributed by atoms with van der Waals surface area (Å²) in [5.41, 5.74) is 9.28. The minimum absolute atomic E-state index is 0.0219.